The lowest BCUT2D eigenvalue weighted by molar-refractivity contribution is 0.185. The van der Waals surface area contributed by atoms with Gasteiger partial charge in [0.1, 0.15) is 11.9 Å². The number of H-pyrrole nitrogens is 1. The third-order valence-electron chi connectivity index (χ3n) is 4.10. The van der Waals surface area contributed by atoms with Crippen molar-refractivity contribution in [1.82, 2.24) is 4.98 Å². The summed E-state index contributed by atoms with van der Waals surface area (Å²) in [4.78, 5) is 3.54. The molecule has 0 aliphatic heterocycles. The molecule has 20 heavy (non-hydrogen) atoms. The van der Waals surface area contributed by atoms with Gasteiger partial charge in [0.05, 0.1) is 0 Å². The van der Waals surface area contributed by atoms with Crippen LogP contribution in [-0.2, 0) is 12.8 Å². The second-order valence-electron chi connectivity index (χ2n) is 5.42. The first kappa shape index (κ1) is 11.6. The highest BCUT2D eigenvalue weighted by atomic mass is 16.5. The molecular formula is C18H17NO. The maximum Gasteiger partial charge on any atom is 0.119 e. The number of benzene rings is 2. The third-order valence-corrected chi connectivity index (χ3v) is 4.10. The van der Waals surface area contributed by atoms with Gasteiger partial charge < -0.3 is 9.72 Å². The summed E-state index contributed by atoms with van der Waals surface area (Å²) >= 11 is 0. The van der Waals surface area contributed by atoms with Crippen LogP contribution in [0.15, 0.2) is 54.6 Å². The summed E-state index contributed by atoms with van der Waals surface area (Å²) in [7, 11) is 0. The summed E-state index contributed by atoms with van der Waals surface area (Å²) in [6.45, 7) is 0. The molecule has 0 spiro atoms. The van der Waals surface area contributed by atoms with Gasteiger partial charge in [-0.05, 0) is 36.6 Å². The lowest BCUT2D eigenvalue weighted by Crippen LogP contribution is -2.24. The third kappa shape index (κ3) is 1.97. The molecule has 2 heteroatoms. The van der Waals surface area contributed by atoms with Crippen molar-refractivity contribution < 1.29 is 4.74 Å². The van der Waals surface area contributed by atoms with E-state index in [0.717, 1.165) is 25.0 Å². The Balaban J connectivity index is 1.63. The van der Waals surface area contributed by atoms with Gasteiger partial charge in [0.25, 0.3) is 0 Å². The Morgan fingerprint density at radius 2 is 1.75 bits per heavy atom. The molecule has 1 atom stereocenters. The van der Waals surface area contributed by atoms with Gasteiger partial charge in [0, 0.05) is 23.0 Å². The molecule has 1 unspecified atom stereocenters. The molecule has 3 aromatic rings. The lowest BCUT2D eigenvalue weighted by atomic mass is 9.93. The van der Waals surface area contributed by atoms with E-state index in [1.807, 2.05) is 30.3 Å². The molecule has 0 amide bonds. The number of fused-ring (bicyclic) bond motifs is 3. The molecule has 0 radical (unpaired) electrons. The molecule has 1 heterocycles. The summed E-state index contributed by atoms with van der Waals surface area (Å²) in [6, 6.07) is 18.7. The van der Waals surface area contributed by atoms with Crippen molar-refractivity contribution in [1.29, 1.82) is 0 Å². The normalized spacial score (nSPS) is 17.9. The topological polar surface area (TPSA) is 25.0 Å². The predicted octanol–water partition coefficient (Wildman–Crippen LogP) is 4.10. The van der Waals surface area contributed by atoms with Crippen LogP contribution in [0.3, 0.4) is 0 Å². The van der Waals surface area contributed by atoms with Gasteiger partial charge in [-0.3, -0.25) is 0 Å². The zero-order valence-corrected chi connectivity index (χ0v) is 11.3. The highest BCUT2D eigenvalue weighted by Gasteiger charge is 2.23. The van der Waals surface area contributed by atoms with Gasteiger partial charge in [-0.2, -0.15) is 0 Å². The van der Waals surface area contributed by atoms with Gasteiger partial charge >= 0.3 is 0 Å². The number of para-hydroxylation sites is 2. The highest BCUT2D eigenvalue weighted by molar-refractivity contribution is 5.84. The molecule has 0 saturated heterocycles. The first-order chi connectivity index (χ1) is 9.90. The minimum absolute atomic E-state index is 0.282. The SMILES string of the molecule is c1ccc(OC2CCc3[nH]c4ccccc4c3C2)cc1. The van der Waals surface area contributed by atoms with Crippen LogP contribution in [0.2, 0.25) is 0 Å². The molecule has 0 fully saturated rings. The van der Waals surface area contributed by atoms with Crippen LogP contribution in [0.5, 0.6) is 5.75 Å². The van der Waals surface area contributed by atoms with E-state index in [9.17, 15) is 0 Å². The summed E-state index contributed by atoms with van der Waals surface area (Å²) in [5.74, 6) is 0.973. The Hall–Kier alpha value is -2.22. The quantitative estimate of drug-likeness (QED) is 0.739. The van der Waals surface area contributed by atoms with E-state index in [1.165, 1.54) is 22.2 Å². The molecular weight excluding hydrogens is 246 g/mol. The highest BCUT2D eigenvalue weighted by Crippen LogP contribution is 2.30. The number of hydrogen-bond donors (Lipinski definition) is 1. The number of aryl methyl sites for hydroxylation is 1. The van der Waals surface area contributed by atoms with E-state index in [4.69, 9.17) is 4.74 Å². The Morgan fingerprint density at radius 3 is 2.65 bits per heavy atom. The maximum atomic E-state index is 6.12. The van der Waals surface area contributed by atoms with E-state index in [0.29, 0.717) is 0 Å². The van der Waals surface area contributed by atoms with Crippen molar-refractivity contribution in [2.75, 3.05) is 0 Å². The van der Waals surface area contributed by atoms with Gasteiger partial charge in [-0.15, -0.1) is 0 Å². The molecule has 1 aliphatic carbocycles. The minimum atomic E-state index is 0.282. The Morgan fingerprint density at radius 1 is 0.950 bits per heavy atom. The first-order valence-corrected chi connectivity index (χ1v) is 7.20. The van der Waals surface area contributed by atoms with Crippen LogP contribution in [0.25, 0.3) is 10.9 Å². The van der Waals surface area contributed by atoms with Crippen molar-refractivity contribution in [3.63, 3.8) is 0 Å². The number of ether oxygens (including phenoxy) is 1. The Labute approximate surface area is 118 Å². The maximum absolute atomic E-state index is 6.12. The molecule has 4 rings (SSSR count). The average molecular weight is 263 g/mol. The fourth-order valence-corrected chi connectivity index (χ4v) is 3.13. The van der Waals surface area contributed by atoms with Crippen molar-refractivity contribution in [3.05, 3.63) is 65.9 Å². The van der Waals surface area contributed by atoms with E-state index >= 15 is 0 Å². The van der Waals surface area contributed by atoms with E-state index < -0.39 is 0 Å². The zero-order valence-electron chi connectivity index (χ0n) is 11.3. The standard InChI is InChI=1S/C18H17NO/c1-2-6-13(7-3-1)20-14-10-11-18-16(12-14)15-8-4-5-9-17(15)19-18/h1-9,14,19H,10-12H2. The van der Waals surface area contributed by atoms with Crippen LogP contribution in [-0.4, -0.2) is 11.1 Å². The monoisotopic (exact) mass is 263 g/mol. The fourth-order valence-electron chi connectivity index (χ4n) is 3.13. The van der Waals surface area contributed by atoms with Gasteiger partial charge in [0.2, 0.25) is 0 Å². The van der Waals surface area contributed by atoms with Crippen molar-refractivity contribution in [2.45, 2.75) is 25.4 Å². The van der Waals surface area contributed by atoms with Crippen molar-refractivity contribution >= 4 is 10.9 Å². The van der Waals surface area contributed by atoms with Crippen molar-refractivity contribution in [3.8, 4) is 5.75 Å². The van der Waals surface area contributed by atoms with Crippen LogP contribution < -0.4 is 4.74 Å². The molecule has 0 bridgehead atoms. The summed E-state index contributed by atoms with van der Waals surface area (Å²) in [6.07, 6.45) is 3.42. The lowest BCUT2D eigenvalue weighted by Gasteiger charge is -2.23. The molecule has 0 saturated carbocycles. The van der Waals surface area contributed by atoms with Crippen LogP contribution in [0, 0.1) is 0 Å². The Kier molecular flexibility index (Phi) is 2.73. The predicted molar refractivity (Wildman–Crippen MR) is 81.2 cm³/mol. The molecule has 2 nitrogen and oxygen atoms in total. The van der Waals surface area contributed by atoms with Gasteiger partial charge in [-0.1, -0.05) is 36.4 Å². The number of aromatic amines is 1. The number of rotatable bonds is 2. The summed E-state index contributed by atoms with van der Waals surface area (Å²) < 4.78 is 6.12. The van der Waals surface area contributed by atoms with Crippen LogP contribution >= 0.6 is 0 Å². The van der Waals surface area contributed by atoms with Crippen LogP contribution in [0.1, 0.15) is 17.7 Å². The second kappa shape index (κ2) is 4.71. The van der Waals surface area contributed by atoms with Gasteiger partial charge in [-0.25, -0.2) is 0 Å². The van der Waals surface area contributed by atoms with E-state index in [-0.39, 0.29) is 6.10 Å². The largest absolute Gasteiger partial charge is 0.490 e. The smallest absolute Gasteiger partial charge is 0.119 e. The van der Waals surface area contributed by atoms with E-state index in [1.54, 1.807) is 0 Å². The Bertz CT molecular complexity index is 730. The first-order valence-electron chi connectivity index (χ1n) is 7.20. The minimum Gasteiger partial charge on any atom is -0.490 e. The van der Waals surface area contributed by atoms with E-state index in [2.05, 4.69) is 29.2 Å². The second-order valence-corrected chi connectivity index (χ2v) is 5.42. The number of hydrogen-bond acceptors (Lipinski definition) is 1. The van der Waals surface area contributed by atoms with Gasteiger partial charge in [0.15, 0.2) is 0 Å². The average Bonchev–Trinajstić information content (AvgIpc) is 2.86. The summed E-state index contributed by atoms with van der Waals surface area (Å²) in [5.41, 5.74) is 4.07. The van der Waals surface area contributed by atoms with Crippen molar-refractivity contribution in [2.24, 2.45) is 0 Å². The van der Waals surface area contributed by atoms with Crippen LogP contribution in [0.4, 0.5) is 0 Å². The molecule has 1 aromatic heterocycles. The fraction of sp³-hybridized carbons (Fsp3) is 0.222. The molecule has 100 valence electrons. The number of nitrogens with one attached hydrogen (secondary N) is 1. The number of aromatic nitrogens is 1. The molecule has 2 aromatic carbocycles. The molecule has 1 aliphatic rings. The zero-order chi connectivity index (χ0) is 13.4. The summed E-state index contributed by atoms with van der Waals surface area (Å²) in [5, 5.41) is 1.35. The molecule has 1 N–H and O–H groups in total.